The van der Waals surface area contributed by atoms with Gasteiger partial charge in [0.2, 0.25) is 0 Å². The predicted octanol–water partition coefficient (Wildman–Crippen LogP) is 1.48. The molecule has 0 aliphatic rings. The Morgan fingerprint density at radius 1 is 1.22 bits per heavy atom. The number of hydrogen-bond donors (Lipinski definition) is 1. The van der Waals surface area contributed by atoms with Crippen LogP contribution >= 0.6 is 0 Å². The minimum Gasteiger partial charge on any atom is -0.497 e. The Kier molecular flexibility index (Phi) is 3.79. The summed E-state index contributed by atoms with van der Waals surface area (Å²) >= 11 is 0. The summed E-state index contributed by atoms with van der Waals surface area (Å²) in [6.07, 6.45) is 1.82. The predicted molar refractivity (Wildman–Crippen MR) is 71.7 cm³/mol. The average Bonchev–Trinajstić information content (AvgIpc) is 2.41. The third-order valence-electron chi connectivity index (χ3n) is 2.76. The summed E-state index contributed by atoms with van der Waals surface area (Å²) in [6.45, 7) is 0.970. The van der Waals surface area contributed by atoms with E-state index in [1.807, 2.05) is 36.5 Å². The first kappa shape index (κ1) is 12.4. The van der Waals surface area contributed by atoms with E-state index in [4.69, 9.17) is 10.5 Å². The van der Waals surface area contributed by atoms with Crippen LogP contribution in [0.1, 0.15) is 0 Å². The van der Waals surface area contributed by atoms with E-state index in [1.54, 1.807) is 17.7 Å². The van der Waals surface area contributed by atoms with E-state index in [9.17, 15) is 4.79 Å². The van der Waals surface area contributed by atoms with Crippen LogP contribution in [-0.2, 0) is 6.54 Å². The van der Waals surface area contributed by atoms with Crippen molar-refractivity contribution in [3.63, 3.8) is 0 Å². The Balaban J connectivity index is 2.43. The monoisotopic (exact) mass is 244 g/mol. The van der Waals surface area contributed by atoms with Gasteiger partial charge < -0.3 is 15.0 Å². The summed E-state index contributed by atoms with van der Waals surface area (Å²) in [5.41, 5.74) is 7.44. The Hall–Kier alpha value is -2.07. The van der Waals surface area contributed by atoms with Gasteiger partial charge in [0, 0.05) is 25.4 Å². The number of benzene rings is 1. The first-order valence-electron chi connectivity index (χ1n) is 5.79. The van der Waals surface area contributed by atoms with Gasteiger partial charge in [-0.25, -0.2) is 0 Å². The molecule has 0 aliphatic heterocycles. The molecule has 1 aromatic heterocycles. The SMILES string of the molecule is COc1cccc(-c2ccc(=O)n(CCN)c2)c1. The van der Waals surface area contributed by atoms with E-state index in [2.05, 4.69) is 0 Å². The minimum atomic E-state index is -0.0351. The molecule has 4 heteroatoms. The molecule has 0 bridgehead atoms. The van der Waals surface area contributed by atoms with Gasteiger partial charge in [-0.2, -0.15) is 0 Å². The number of rotatable bonds is 4. The highest BCUT2D eigenvalue weighted by Crippen LogP contribution is 2.22. The van der Waals surface area contributed by atoms with Crippen molar-refractivity contribution in [3.05, 3.63) is 52.9 Å². The zero-order chi connectivity index (χ0) is 13.0. The molecule has 0 aliphatic carbocycles. The molecule has 0 spiro atoms. The summed E-state index contributed by atoms with van der Waals surface area (Å²) in [5, 5.41) is 0. The van der Waals surface area contributed by atoms with Crippen LogP contribution in [0.2, 0.25) is 0 Å². The zero-order valence-electron chi connectivity index (χ0n) is 10.3. The lowest BCUT2D eigenvalue weighted by Crippen LogP contribution is -2.22. The highest BCUT2D eigenvalue weighted by Gasteiger charge is 2.02. The molecule has 0 fully saturated rings. The molecular formula is C14H16N2O2. The second kappa shape index (κ2) is 5.51. The summed E-state index contributed by atoms with van der Waals surface area (Å²) in [7, 11) is 1.63. The van der Waals surface area contributed by atoms with Gasteiger partial charge in [0.1, 0.15) is 5.75 Å². The first-order valence-corrected chi connectivity index (χ1v) is 5.79. The molecule has 2 N–H and O–H groups in total. The van der Waals surface area contributed by atoms with Gasteiger partial charge in [-0.15, -0.1) is 0 Å². The Morgan fingerprint density at radius 3 is 2.78 bits per heavy atom. The Bertz CT molecular complexity index is 590. The molecule has 2 aromatic rings. The summed E-state index contributed by atoms with van der Waals surface area (Å²) in [4.78, 5) is 11.6. The van der Waals surface area contributed by atoms with Gasteiger partial charge >= 0.3 is 0 Å². The maximum absolute atomic E-state index is 11.6. The maximum atomic E-state index is 11.6. The van der Waals surface area contributed by atoms with Gasteiger partial charge in [-0.3, -0.25) is 4.79 Å². The van der Waals surface area contributed by atoms with Crippen LogP contribution in [-0.4, -0.2) is 18.2 Å². The molecule has 0 unspecified atom stereocenters. The topological polar surface area (TPSA) is 57.2 Å². The number of nitrogens with two attached hydrogens (primary N) is 1. The van der Waals surface area contributed by atoms with E-state index in [-0.39, 0.29) is 5.56 Å². The van der Waals surface area contributed by atoms with Crippen LogP contribution in [0.4, 0.5) is 0 Å². The molecule has 18 heavy (non-hydrogen) atoms. The largest absolute Gasteiger partial charge is 0.497 e. The minimum absolute atomic E-state index is 0.0351. The second-order valence-electron chi connectivity index (χ2n) is 3.97. The zero-order valence-corrected chi connectivity index (χ0v) is 10.3. The Morgan fingerprint density at radius 2 is 2.06 bits per heavy atom. The van der Waals surface area contributed by atoms with Crippen molar-refractivity contribution in [2.24, 2.45) is 5.73 Å². The molecular weight excluding hydrogens is 228 g/mol. The third kappa shape index (κ3) is 2.60. The second-order valence-corrected chi connectivity index (χ2v) is 3.97. The molecule has 4 nitrogen and oxygen atoms in total. The van der Waals surface area contributed by atoms with E-state index in [0.717, 1.165) is 16.9 Å². The van der Waals surface area contributed by atoms with E-state index in [0.29, 0.717) is 13.1 Å². The lowest BCUT2D eigenvalue weighted by molar-refractivity contribution is 0.415. The molecule has 0 saturated carbocycles. The lowest BCUT2D eigenvalue weighted by atomic mass is 10.1. The van der Waals surface area contributed by atoms with Crippen molar-refractivity contribution in [1.29, 1.82) is 0 Å². The van der Waals surface area contributed by atoms with Crippen LogP contribution in [0.15, 0.2) is 47.4 Å². The number of pyridine rings is 1. The van der Waals surface area contributed by atoms with Crippen LogP contribution in [0, 0.1) is 0 Å². The van der Waals surface area contributed by atoms with Crippen molar-refractivity contribution in [1.82, 2.24) is 4.57 Å². The standard InChI is InChI=1S/C14H16N2O2/c1-18-13-4-2-3-11(9-13)12-5-6-14(17)16(10-12)8-7-15/h2-6,9-10H,7-8,15H2,1H3. The lowest BCUT2D eigenvalue weighted by Gasteiger charge is -2.08. The fourth-order valence-electron chi connectivity index (χ4n) is 1.82. The third-order valence-corrected chi connectivity index (χ3v) is 2.76. The van der Waals surface area contributed by atoms with Crippen molar-refractivity contribution in [2.45, 2.75) is 6.54 Å². The quantitative estimate of drug-likeness (QED) is 0.886. The number of hydrogen-bond acceptors (Lipinski definition) is 3. The molecule has 0 atom stereocenters. The molecule has 0 radical (unpaired) electrons. The Labute approximate surface area is 106 Å². The molecule has 0 amide bonds. The van der Waals surface area contributed by atoms with E-state index < -0.39 is 0 Å². The number of methoxy groups -OCH3 is 1. The van der Waals surface area contributed by atoms with E-state index >= 15 is 0 Å². The normalized spacial score (nSPS) is 10.3. The molecule has 0 saturated heterocycles. The smallest absolute Gasteiger partial charge is 0.250 e. The fraction of sp³-hybridized carbons (Fsp3) is 0.214. The van der Waals surface area contributed by atoms with Crippen molar-refractivity contribution < 1.29 is 4.74 Å². The molecule has 2 rings (SSSR count). The maximum Gasteiger partial charge on any atom is 0.250 e. The van der Waals surface area contributed by atoms with Crippen LogP contribution in [0.25, 0.3) is 11.1 Å². The molecule has 94 valence electrons. The molecule has 1 aromatic carbocycles. The summed E-state index contributed by atoms with van der Waals surface area (Å²) in [6, 6.07) is 11.1. The van der Waals surface area contributed by atoms with Gasteiger partial charge in [-0.1, -0.05) is 12.1 Å². The number of aromatic nitrogens is 1. The molecule has 1 heterocycles. The average molecular weight is 244 g/mol. The number of nitrogens with zero attached hydrogens (tertiary/aromatic N) is 1. The van der Waals surface area contributed by atoms with Gasteiger partial charge in [0.15, 0.2) is 0 Å². The fourth-order valence-corrected chi connectivity index (χ4v) is 1.82. The van der Waals surface area contributed by atoms with Crippen LogP contribution in [0.5, 0.6) is 5.75 Å². The van der Waals surface area contributed by atoms with Crippen LogP contribution < -0.4 is 16.0 Å². The highest BCUT2D eigenvalue weighted by atomic mass is 16.5. The van der Waals surface area contributed by atoms with Crippen molar-refractivity contribution >= 4 is 0 Å². The van der Waals surface area contributed by atoms with Gasteiger partial charge in [0.05, 0.1) is 7.11 Å². The number of ether oxygens (including phenoxy) is 1. The van der Waals surface area contributed by atoms with Gasteiger partial charge in [-0.05, 0) is 29.3 Å². The van der Waals surface area contributed by atoms with Gasteiger partial charge in [0.25, 0.3) is 5.56 Å². The van der Waals surface area contributed by atoms with Crippen molar-refractivity contribution in [3.8, 4) is 16.9 Å². The summed E-state index contributed by atoms with van der Waals surface area (Å²) in [5.74, 6) is 0.795. The van der Waals surface area contributed by atoms with Crippen molar-refractivity contribution in [2.75, 3.05) is 13.7 Å². The first-order chi connectivity index (χ1) is 8.74. The van der Waals surface area contributed by atoms with Crippen LogP contribution in [0.3, 0.4) is 0 Å². The van der Waals surface area contributed by atoms with E-state index in [1.165, 1.54) is 0 Å². The highest BCUT2D eigenvalue weighted by molar-refractivity contribution is 5.64. The summed E-state index contributed by atoms with van der Waals surface area (Å²) < 4.78 is 6.81.